The summed E-state index contributed by atoms with van der Waals surface area (Å²) in [7, 11) is 0. The van der Waals surface area contributed by atoms with Crippen LogP contribution in [0.3, 0.4) is 0 Å². The molecule has 0 rings (SSSR count). The third-order valence-corrected chi connectivity index (χ3v) is 2.26. The van der Waals surface area contributed by atoms with Crippen LogP contribution in [0.2, 0.25) is 0 Å². The first-order chi connectivity index (χ1) is 6.43. The van der Waals surface area contributed by atoms with Crippen molar-refractivity contribution >= 4 is 11.6 Å². The summed E-state index contributed by atoms with van der Waals surface area (Å²) in [6.45, 7) is 7.36. The molecule has 0 aromatic heterocycles. The average Bonchev–Trinajstić information content (AvgIpc) is 2.02. The molecule has 0 aromatic rings. The summed E-state index contributed by atoms with van der Waals surface area (Å²) in [5.41, 5.74) is 0. The second kappa shape index (κ2) is 6.52. The van der Waals surface area contributed by atoms with Gasteiger partial charge in [-0.05, 0) is 38.2 Å². The second-order valence-electron chi connectivity index (χ2n) is 4.12. The zero-order chi connectivity index (χ0) is 11.1. The van der Waals surface area contributed by atoms with Gasteiger partial charge in [-0.3, -0.25) is 4.79 Å². The number of carbonyl (C=O) groups is 2. The van der Waals surface area contributed by atoms with Gasteiger partial charge in [-0.25, -0.2) is 0 Å². The highest BCUT2D eigenvalue weighted by molar-refractivity contribution is 5.87. The van der Waals surface area contributed by atoms with Crippen LogP contribution in [-0.2, 0) is 9.59 Å². The van der Waals surface area contributed by atoms with E-state index in [2.05, 4.69) is 13.8 Å². The minimum absolute atomic E-state index is 0.0680. The van der Waals surface area contributed by atoms with Crippen LogP contribution >= 0.6 is 0 Å². The van der Waals surface area contributed by atoms with Crippen molar-refractivity contribution in [2.75, 3.05) is 0 Å². The summed E-state index contributed by atoms with van der Waals surface area (Å²) in [6, 6.07) is 0. The predicted octanol–water partition coefficient (Wildman–Crippen LogP) is 2.77. The van der Waals surface area contributed by atoms with Crippen molar-refractivity contribution in [3.63, 3.8) is 0 Å². The Labute approximate surface area is 86.4 Å². The highest BCUT2D eigenvalue weighted by atomic mass is 16.1. The molecular weight excluding hydrogens is 176 g/mol. The number of rotatable bonds is 6. The molecule has 0 radical (unpaired) electrons. The SMILES string of the molecule is CC(=O)C=CC(CCC(C)=O)C(C)C. The minimum atomic E-state index is 0.0680. The lowest BCUT2D eigenvalue weighted by atomic mass is 9.90. The van der Waals surface area contributed by atoms with Gasteiger partial charge in [-0.2, -0.15) is 0 Å². The number of allylic oxidation sites excluding steroid dienone is 2. The summed E-state index contributed by atoms with van der Waals surface area (Å²) in [6.07, 6.45) is 4.97. The smallest absolute Gasteiger partial charge is 0.152 e. The topological polar surface area (TPSA) is 34.1 Å². The molecule has 2 nitrogen and oxygen atoms in total. The van der Waals surface area contributed by atoms with E-state index in [0.29, 0.717) is 18.3 Å². The van der Waals surface area contributed by atoms with Gasteiger partial charge >= 0.3 is 0 Å². The van der Waals surface area contributed by atoms with Gasteiger partial charge in [0.25, 0.3) is 0 Å². The highest BCUT2D eigenvalue weighted by Crippen LogP contribution is 2.18. The third kappa shape index (κ3) is 6.58. The van der Waals surface area contributed by atoms with Gasteiger partial charge in [0.05, 0.1) is 0 Å². The van der Waals surface area contributed by atoms with Gasteiger partial charge in [0.1, 0.15) is 5.78 Å². The van der Waals surface area contributed by atoms with Gasteiger partial charge in [0, 0.05) is 6.42 Å². The molecular formula is C12H20O2. The fourth-order valence-electron chi connectivity index (χ4n) is 1.28. The van der Waals surface area contributed by atoms with E-state index in [1.165, 1.54) is 0 Å². The molecule has 0 heterocycles. The summed E-state index contributed by atoms with van der Waals surface area (Å²) >= 11 is 0. The minimum Gasteiger partial charge on any atom is -0.300 e. The standard InChI is InChI=1S/C12H20O2/c1-9(2)12(7-5-10(3)13)8-6-11(4)14/h5,7,9,12H,6,8H2,1-4H3. The number of hydrogen-bond donors (Lipinski definition) is 0. The molecule has 0 saturated carbocycles. The molecule has 1 unspecified atom stereocenters. The fourth-order valence-corrected chi connectivity index (χ4v) is 1.28. The lowest BCUT2D eigenvalue weighted by Gasteiger charge is -2.15. The predicted molar refractivity (Wildman–Crippen MR) is 58.1 cm³/mol. The van der Waals surface area contributed by atoms with Crippen LogP contribution < -0.4 is 0 Å². The van der Waals surface area contributed by atoms with Crippen LogP contribution in [-0.4, -0.2) is 11.6 Å². The van der Waals surface area contributed by atoms with E-state index in [1.807, 2.05) is 6.08 Å². The molecule has 2 heteroatoms. The van der Waals surface area contributed by atoms with E-state index in [4.69, 9.17) is 0 Å². The number of ketones is 2. The lowest BCUT2D eigenvalue weighted by Crippen LogP contribution is -2.08. The van der Waals surface area contributed by atoms with E-state index in [1.54, 1.807) is 19.9 Å². The summed E-state index contributed by atoms with van der Waals surface area (Å²) < 4.78 is 0. The van der Waals surface area contributed by atoms with Crippen molar-refractivity contribution in [1.29, 1.82) is 0 Å². The molecule has 14 heavy (non-hydrogen) atoms. The van der Waals surface area contributed by atoms with Gasteiger partial charge in [-0.1, -0.05) is 19.9 Å². The molecule has 0 aliphatic rings. The monoisotopic (exact) mass is 196 g/mol. The average molecular weight is 196 g/mol. The molecule has 80 valence electrons. The molecule has 0 saturated heterocycles. The van der Waals surface area contributed by atoms with Crippen LogP contribution in [0.5, 0.6) is 0 Å². The van der Waals surface area contributed by atoms with E-state index < -0.39 is 0 Å². The lowest BCUT2D eigenvalue weighted by molar-refractivity contribution is -0.117. The molecule has 0 aliphatic carbocycles. The third-order valence-electron chi connectivity index (χ3n) is 2.26. The summed E-state index contributed by atoms with van der Waals surface area (Å²) in [5.74, 6) is 1.10. The zero-order valence-electron chi connectivity index (χ0n) is 9.54. The van der Waals surface area contributed by atoms with Crippen molar-refractivity contribution in [3.05, 3.63) is 12.2 Å². The van der Waals surface area contributed by atoms with Gasteiger partial charge < -0.3 is 4.79 Å². The second-order valence-corrected chi connectivity index (χ2v) is 4.12. The first-order valence-corrected chi connectivity index (χ1v) is 5.11. The highest BCUT2D eigenvalue weighted by Gasteiger charge is 2.10. The Morgan fingerprint density at radius 3 is 2.14 bits per heavy atom. The fraction of sp³-hybridized carbons (Fsp3) is 0.667. The molecule has 0 amide bonds. The molecule has 0 N–H and O–H groups in total. The maximum Gasteiger partial charge on any atom is 0.152 e. The largest absolute Gasteiger partial charge is 0.300 e. The number of Topliss-reactive ketones (excluding diaryl/α,β-unsaturated/α-hetero) is 1. The Balaban J connectivity index is 4.16. The Hall–Kier alpha value is -0.920. The van der Waals surface area contributed by atoms with Gasteiger partial charge in [0.2, 0.25) is 0 Å². The molecule has 0 spiro atoms. The molecule has 0 fully saturated rings. The van der Waals surface area contributed by atoms with Crippen molar-refractivity contribution in [2.24, 2.45) is 11.8 Å². The van der Waals surface area contributed by atoms with Gasteiger partial charge in [0.15, 0.2) is 5.78 Å². The van der Waals surface area contributed by atoms with Crippen molar-refractivity contribution in [3.8, 4) is 0 Å². The van der Waals surface area contributed by atoms with E-state index >= 15 is 0 Å². The van der Waals surface area contributed by atoms with Crippen LogP contribution in [0, 0.1) is 11.8 Å². The Bertz CT molecular complexity index is 226. The van der Waals surface area contributed by atoms with E-state index in [-0.39, 0.29) is 11.6 Å². The molecule has 0 aromatic carbocycles. The molecule has 0 bridgehead atoms. The number of hydrogen-bond acceptors (Lipinski definition) is 2. The van der Waals surface area contributed by atoms with Crippen LogP contribution in [0.4, 0.5) is 0 Å². The molecule has 1 atom stereocenters. The van der Waals surface area contributed by atoms with E-state index in [9.17, 15) is 9.59 Å². The first-order valence-electron chi connectivity index (χ1n) is 5.11. The van der Waals surface area contributed by atoms with Crippen molar-refractivity contribution in [2.45, 2.75) is 40.5 Å². The van der Waals surface area contributed by atoms with Gasteiger partial charge in [-0.15, -0.1) is 0 Å². The Kier molecular flexibility index (Phi) is 6.09. The number of carbonyl (C=O) groups excluding carboxylic acids is 2. The Morgan fingerprint density at radius 1 is 1.21 bits per heavy atom. The first kappa shape index (κ1) is 13.1. The summed E-state index contributed by atoms with van der Waals surface area (Å²) in [5, 5.41) is 0. The van der Waals surface area contributed by atoms with Crippen LogP contribution in [0.1, 0.15) is 40.5 Å². The Morgan fingerprint density at radius 2 is 1.79 bits per heavy atom. The van der Waals surface area contributed by atoms with Crippen LogP contribution in [0.25, 0.3) is 0 Å². The van der Waals surface area contributed by atoms with Crippen molar-refractivity contribution < 1.29 is 9.59 Å². The maximum absolute atomic E-state index is 10.8. The maximum atomic E-state index is 10.8. The zero-order valence-corrected chi connectivity index (χ0v) is 9.54. The summed E-state index contributed by atoms with van der Waals surface area (Å²) in [4.78, 5) is 21.6. The quantitative estimate of drug-likeness (QED) is 0.612. The molecule has 0 aliphatic heterocycles. The van der Waals surface area contributed by atoms with Crippen LogP contribution in [0.15, 0.2) is 12.2 Å². The van der Waals surface area contributed by atoms with E-state index in [0.717, 1.165) is 6.42 Å². The normalized spacial score (nSPS) is 13.5. The van der Waals surface area contributed by atoms with Crippen molar-refractivity contribution in [1.82, 2.24) is 0 Å².